The number of nitrogens with zero attached hydrogens (tertiary/aromatic N) is 5. The standard InChI is InChI=1S/C47H49Cl4N5O2/c1-44(2,3)30-20-26(21-31(42(30)57)45(4,5)6)40(55-53-36-18-16-28(48)24-34(36)50)38-14-13-15-39(52-38)41(56-54-37-19-17-29(49)25-35(37)51)27-22-32(46(7,8)9)43(58)33(23-27)47(10,11)12/h13-25H,1-12H3. The van der Waals surface area contributed by atoms with Gasteiger partial charge in [0.1, 0.15) is 22.8 Å². The number of aromatic nitrogens is 1. The highest BCUT2D eigenvalue weighted by Crippen LogP contribution is 2.43. The van der Waals surface area contributed by atoms with Crippen molar-refractivity contribution in [2.75, 3.05) is 0 Å². The minimum atomic E-state index is -0.488. The first-order valence-corrected chi connectivity index (χ1v) is 20.4. The van der Waals surface area contributed by atoms with Gasteiger partial charge >= 0.3 is 0 Å². The Morgan fingerprint density at radius 2 is 0.793 bits per heavy atom. The van der Waals surface area contributed by atoms with E-state index in [4.69, 9.17) is 61.6 Å². The molecule has 0 unspecified atom stereocenters. The Bertz CT molecular complexity index is 2210. The van der Waals surface area contributed by atoms with Gasteiger partial charge in [-0.05, 0) is 94.5 Å². The SMILES string of the molecule is CC(C)(C)C1=CC(=C(N=Nc2ccc(Cl)cc2Cl)c2cccc(C(N=Nc3ccc(Cl)cc3Cl)=C3C=C(C(C)(C)C)C(=O)C(C(C)(C)C)=C3)n2)C=C(C(C)(C)C)C1=O. The van der Waals surface area contributed by atoms with Crippen molar-refractivity contribution >= 4 is 80.7 Å². The number of benzene rings is 2. The lowest BCUT2D eigenvalue weighted by atomic mass is 9.71. The Hall–Kier alpha value is -4.27. The maximum Gasteiger partial charge on any atom is 0.186 e. The van der Waals surface area contributed by atoms with Gasteiger partial charge in [-0.3, -0.25) is 9.59 Å². The molecule has 11 heteroatoms. The Balaban J connectivity index is 1.88. The molecule has 0 amide bonds. The molecule has 0 atom stereocenters. The Labute approximate surface area is 362 Å². The number of rotatable bonds is 6. The number of carbonyl (C=O) groups excluding carboxylic acids is 2. The molecule has 1 aromatic heterocycles. The summed E-state index contributed by atoms with van der Waals surface area (Å²) >= 11 is 25.6. The second kappa shape index (κ2) is 16.8. The average Bonchev–Trinajstić information content (AvgIpc) is 3.09. The number of halogens is 4. The van der Waals surface area contributed by atoms with Crippen LogP contribution in [-0.4, -0.2) is 16.6 Å². The monoisotopic (exact) mass is 855 g/mol. The molecule has 2 aliphatic carbocycles. The van der Waals surface area contributed by atoms with Crippen LogP contribution in [0.5, 0.6) is 0 Å². The minimum Gasteiger partial charge on any atom is -0.289 e. The van der Waals surface area contributed by atoms with Crippen molar-refractivity contribution < 1.29 is 9.59 Å². The fourth-order valence-corrected chi connectivity index (χ4v) is 7.20. The summed E-state index contributed by atoms with van der Waals surface area (Å²) in [4.78, 5) is 33.2. The summed E-state index contributed by atoms with van der Waals surface area (Å²) < 4.78 is 0. The van der Waals surface area contributed by atoms with Crippen LogP contribution < -0.4 is 0 Å². The molecule has 58 heavy (non-hydrogen) atoms. The third-order valence-corrected chi connectivity index (χ3v) is 10.6. The van der Waals surface area contributed by atoms with E-state index in [1.807, 2.05) is 126 Å². The van der Waals surface area contributed by atoms with Crippen molar-refractivity contribution in [2.24, 2.45) is 42.1 Å². The van der Waals surface area contributed by atoms with E-state index in [2.05, 4.69) is 10.2 Å². The van der Waals surface area contributed by atoms with E-state index < -0.39 is 21.7 Å². The zero-order valence-electron chi connectivity index (χ0n) is 35.1. The van der Waals surface area contributed by atoms with E-state index in [1.165, 1.54) is 0 Å². The molecule has 7 nitrogen and oxygen atoms in total. The van der Waals surface area contributed by atoms with Gasteiger partial charge in [0.2, 0.25) is 0 Å². The highest BCUT2D eigenvalue weighted by molar-refractivity contribution is 6.36. The predicted molar refractivity (Wildman–Crippen MR) is 240 cm³/mol. The lowest BCUT2D eigenvalue weighted by Crippen LogP contribution is -2.28. The Kier molecular flexibility index (Phi) is 13.0. The first kappa shape index (κ1) is 44.8. The van der Waals surface area contributed by atoms with Crippen molar-refractivity contribution in [2.45, 2.75) is 83.1 Å². The van der Waals surface area contributed by atoms with Crippen LogP contribution in [0.4, 0.5) is 11.4 Å². The first-order valence-electron chi connectivity index (χ1n) is 18.9. The van der Waals surface area contributed by atoms with Gasteiger partial charge in [0.05, 0.1) is 21.4 Å². The van der Waals surface area contributed by atoms with Crippen LogP contribution in [0.1, 0.15) is 94.5 Å². The number of azo groups is 2. The van der Waals surface area contributed by atoms with Crippen molar-refractivity contribution in [1.82, 2.24) is 4.98 Å². The van der Waals surface area contributed by atoms with Crippen LogP contribution in [0.3, 0.4) is 0 Å². The first-order chi connectivity index (χ1) is 26.8. The number of pyridine rings is 1. The highest BCUT2D eigenvalue weighted by atomic mass is 35.5. The molecular formula is C47H49Cl4N5O2. The maximum absolute atomic E-state index is 14.0. The fraction of sp³-hybridized carbons (Fsp3) is 0.340. The van der Waals surface area contributed by atoms with Gasteiger partial charge in [-0.2, -0.15) is 0 Å². The van der Waals surface area contributed by atoms with Crippen molar-refractivity contribution in [3.05, 3.63) is 144 Å². The molecule has 2 aromatic carbocycles. The largest absolute Gasteiger partial charge is 0.289 e. The van der Waals surface area contributed by atoms with E-state index >= 15 is 0 Å². The summed E-state index contributed by atoms with van der Waals surface area (Å²) in [7, 11) is 0. The van der Waals surface area contributed by atoms with Crippen LogP contribution in [0.25, 0.3) is 11.4 Å². The smallest absolute Gasteiger partial charge is 0.186 e. The topological polar surface area (TPSA) is 96.5 Å². The lowest BCUT2D eigenvalue weighted by molar-refractivity contribution is -0.114. The predicted octanol–water partition coefficient (Wildman–Crippen LogP) is 15.7. The number of allylic oxidation sites excluding steroid dienone is 10. The third-order valence-electron chi connectivity index (χ3n) is 9.53. The Morgan fingerprint density at radius 1 is 0.483 bits per heavy atom. The van der Waals surface area contributed by atoms with E-state index in [9.17, 15) is 9.59 Å². The zero-order valence-corrected chi connectivity index (χ0v) is 38.1. The number of Topliss-reactive ketones (excluding diaryl/α,β-unsaturated/α-hetero) is 2. The summed E-state index contributed by atoms with van der Waals surface area (Å²) in [6.45, 7) is 24.1. The molecule has 1 heterocycles. The molecule has 0 saturated carbocycles. The zero-order chi connectivity index (χ0) is 43.1. The molecule has 302 valence electrons. The normalized spacial score (nSPS) is 15.9. The van der Waals surface area contributed by atoms with Gasteiger partial charge in [-0.1, -0.05) is 136 Å². The molecule has 0 bridgehead atoms. The Morgan fingerprint density at radius 3 is 1.07 bits per heavy atom. The number of hydrogen-bond donors (Lipinski definition) is 0. The molecule has 2 aliphatic rings. The molecule has 5 rings (SSSR count). The lowest BCUT2D eigenvalue weighted by Gasteiger charge is -2.31. The second-order valence-electron chi connectivity index (χ2n) is 18.5. The fourth-order valence-electron chi connectivity index (χ4n) is 6.30. The third kappa shape index (κ3) is 10.3. The quantitative estimate of drug-likeness (QED) is 0.231. The summed E-state index contributed by atoms with van der Waals surface area (Å²) in [5.74, 6) is -0.0454. The van der Waals surface area contributed by atoms with Crippen LogP contribution in [0.2, 0.25) is 20.1 Å². The van der Waals surface area contributed by atoms with Gasteiger partial charge in [-0.25, -0.2) is 4.98 Å². The van der Waals surface area contributed by atoms with Crippen LogP contribution in [0.15, 0.2) is 133 Å². The van der Waals surface area contributed by atoms with Gasteiger partial charge in [0, 0.05) is 43.5 Å². The van der Waals surface area contributed by atoms with Crippen molar-refractivity contribution in [3.63, 3.8) is 0 Å². The summed E-state index contributed by atoms with van der Waals surface area (Å²) in [5, 5.41) is 20.4. The summed E-state index contributed by atoms with van der Waals surface area (Å²) in [6.07, 6.45) is 7.48. The van der Waals surface area contributed by atoms with Gasteiger partial charge in [-0.15, -0.1) is 20.5 Å². The van der Waals surface area contributed by atoms with Crippen molar-refractivity contribution in [1.29, 1.82) is 0 Å². The van der Waals surface area contributed by atoms with Crippen LogP contribution >= 0.6 is 46.4 Å². The molecule has 0 radical (unpaired) electrons. The average molecular weight is 858 g/mol. The summed E-state index contributed by atoms with van der Waals surface area (Å²) in [5.41, 5.74) is 4.31. The van der Waals surface area contributed by atoms with Crippen LogP contribution in [0, 0.1) is 21.7 Å². The molecule has 0 spiro atoms. The number of ketones is 2. The minimum absolute atomic E-state index is 0.0227. The van der Waals surface area contributed by atoms with E-state index in [-0.39, 0.29) is 11.6 Å². The molecule has 0 fully saturated rings. The van der Waals surface area contributed by atoms with E-state index in [1.54, 1.807) is 36.4 Å². The molecule has 0 saturated heterocycles. The van der Waals surface area contributed by atoms with E-state index in [0.717, 1.165) is 0 Å². The molecule has 3 aromatic rings. The molecule has 0 N–H and O–H groups in total. The van der Waals surface area contributed by atoms with Gasteiger partial charge < -0.3 is 0 Å². The maximum atomic E-state index is 14.0. The summed E-state index contributed by atoms with van der Waals surface area (Å²) in [6, 6.07) is 15.4. The second-order valence-corrected chi connectivity index (χ2v) is 20.2. The molecular weight excluding hydrogens is 808 g/mol. The van der Waals surface area contributed by atoms with Gasteiger partial charge in [0.25, 0.3) is 0 Å². The van der Waals surface area contributed by atoms with Gasteiger partial charge in [0.15, 0.2) is 11.6 Å². The molecule has 0 aliphatic heterocycles. The van der Waals surface area contributed by atoms with E-state index in [0.29, 0.717) is 87.7 Å². The number of carbonyl (C=O) groups is 2. The van der Waals surface area contributed by atoms with Crippen molar-refractivity contribution in [3.8, 4) is 0 Å². The number of hydrogen-bond acceptors (Lipinski definition) is 7. The van der Waals surface area contributed by atoms with Crippen LogP contribution in [-0.2, 0) is 9.59 Å². The highest BCUT2D eigenvalue weighted by Gasteiger charge is 2.36.